The number of rotatable bonds is 6. The summed E-state index contributed by atoms with van der Waals surface area (Å²) in [7, 11) is -3.91. The van der Waals surface area contributed by atoms with Crippen molar-refractivity contribution in [1.82, 2.24) is 0 Å². The smallest absolute Gasteiger partial charge is 0.264 e. The second kappa shape index (κ2) is 8.80. The standard InChI is InChI=1S/C22H21BrN2O3S/c1-16-8-11-20(12-9-16)29(27,28)25(19-6-4-3-5-7-19)15-22(26)24-18-10-13-21(23)17(2)14-18/h3-14H,15H2,1-2H3,(H,24,26). The Kier molecular flexibility index (Phi) is 6.39. The molecule has 29 heavy (non-hydrogen) atoms. The predicted octanol–water partition coefficient (Wildman–Crippen LogP) is 4.90. The Morgan fingerprint density at radius 2 is 1.62 bits per heavy atom. The average Bonchev–Trinajstić information content (AvgIpc) is 2.70. The van der Waals surface area contributed by atoms with Crippen molar-refractivity contribution in [3.63, 3.8) is 0 Å². The first-order chi connectivity index (χ1) is 13.8. The molecule has 3 aromatic rings. The van der Waals surface area contributed by atoms with Gasteiger partial charge < -0.3 is 5.32 Å². The van der Waals surface area contributed by atoms with Crippen molar-refractivity contribution in [3.8, 4) is 0 Å². The number of amides is 1. The first-order valence-electron chi connectivity index (χ1n) is 8.98. The topological polar surface area (TPSA) is 66.5 Å². The molecular formula is C22H21BrN2O3S. The molecule has 1 N–H and O–H groups in total. The van der Waals surface area contributed by atoms with Crippen LogP contribution < -0.4 is 9.62 Å². The first kappa shape index (κ1) is 21.1. The lowest BCUT2D eigenvalue weighted by Crippen LogP contribution is -2.38. The van der Waals surface area contributed by atoms with Gasteiger partial charge in [0, 0.05) is 10.2 Å². The maximum Gasteiger partial charge on any atom is 0.264 e. The van der Waals surface area contributed by atoms with Crippen LogP contribution in [0.15, 0.2) is 82.2 Å². The third-order valence-corrected chi connectivity index (χ3v) is 7.06. The van der Waals surface area contributed by atoms with Crippen LogP contribution in [0.25, 0.3) is 0 Å². The van der Waals surface area contributed by atoms with Crippen LogP contribution in [0.3, 0.4) is 0 Å². The Hall–Kier alpha value is -2.64. The summed E-state index contributed by atoms with van der Waals surface area (Å²) in [6.45, 7) is 3.46. The lowest BCUT2D eigenvalue weighted by Gasteiger charge is -2.24. The van der Waals surface area contributed by atoms with Crippen LogP contribution in [0, 0.1) is 13.8 Å². The van der Waals surface area contributed by atoms with Crippen molar-refractivity contribution < 1.29 is 13.2 Å². The molecule has 0 spiro atoms. The zero-order valence-corrected chi connectivity index (χ0v) is 18.5. The normalized spacial score (nSPS) is 11.1. The molecule has 0 saturated carbocycles. The van der Waals surface area contributed by atoms with Gasteiger partial charge in [0.1, 0.15) is 6.54 Å². The molecule has 0 atom stereocenters. The van der Waals surface area contributed by atoms with E-state index >= 15 is 0 Å². The highest BCUT2D eigenvalue weighted by atomic mass is 79.9. The number of halogens is 1. The van der Waals surface area contributed by atoms with Crippen molar-refractivity contribution in [3.05, 3.63) is 88.4 Å². The number of carbonyl (C=O) groups is 1. The maximum atomic E-state index is 13.3. The number of sulfonamides is 1. The molecular weight excluding hydrogens is 452 g/mol. The van der Waals surface area contributed by atoms with Crippen molar-refractivity contribution in [1.29, 1.82) is 0 Å². The molecule has 1 amide bonds. The first-order valence-corrected chi connectivity index (χ1v) is 11.2. The Morgan fingerprint density at radius 3 is 2.24 bits per heavy atom. The lowest BCUT2D eigenvalue weighted by atomic mass is 10.2. The van der Waals surface area contributed by atoms with E-state index in [-0.39, 0.29) is 11.4 Å². The monoisotopic (exact) mass is 472 g/mol. The molecule has 0 unspecified atom stereocenters. The van der Waals surface area contributed by atoms with E-state index in [1.54, 1.807) is 60.7 Å². The predicted molar refractivity (Wildman–Crippen MR) is 120 cm³/mol. The van der Waals surface area contributed by atoms with Crippen LogP contribution in [0.4, 0.5) is 11.4 Å². The fourth-order valence-electron chi connectivity index (χ4n) is 2.80. The molecule has 0 aromatic heterocycles. The number of para-hydroxylation sites is 1. The minimum atomic E-state index is -3.91. The molecule has 3 aromatic carbocycles. The summed E-state index contributed by atoms with van der Waals surface area (Å²) in [6.07, 6.45) is 0. The quantitative estimate of drug-likeness (QED) is 0.554. The summed E-state index contributed by atoms with van der Waals surface area (Å²) >= 11 is 3.42. The van der Waals surface area contributed by atoms with Crippen LogP contribution in [0.1, 0.15) is 11.1 Å². The van der Waals surface area contributed by atoms with Gasteiger partial charge in [-0.25, -0.2) is 8.42 Å². The molecule has 0 heterocycles. The van der Waals surface area contributed by atoms with Crippen molar-refractivity contribution in [2.24, 2.45) is 0 Å². The van der Waals surface area contributed by atoms with Crippen molar-refractivity contribution >= 4 is 43.2 Å². The van der Waals surface area contributed by atoms with Crippen molar-refractivity contribution in [2.45, 2.75) is 18.7 Å². The molecule has 0 fully saturated rings. The van der Waals surface area contributed by atoms with Crippen LogP contribution in [-0.4, -0.2) is 20.9 Å². The van der Waals surface area contributed by atoms with Gasteiger partial charge in [-0.05, 0) is 61.9 Å². The SMILES string of the molecule is Cc1ccc(S(=O)(=O)N(CC(=O)Nc2ccc(Br)c(C)c2)c2ccccc2)cc1. The molecule has 0 aliphatic heterocycles. The van der Waals surface area contributed by atoms with E-state index in [1.165, 1.54) is 0 Å². The van der Waals surface area contributed by atoms with Gasteiger partial charge in [0.25, 0.3) is 10.0 Å². The summed E-state index contributed by atoms with van der Waals surface area (Å²) in [6, 6.07) is 20.6. The fourth-order valence-corrected chi connectivity index (χ4v) is 4.47. The second-order valence-electron chi connectivity index (χ2n) is 6.67. The Balaban J connectivity index is 1.91. The number of nitrogens with zero attached hydrogens (tertiary/aromatic N) is 1. The molecule has 0 aliphatic carbocycles. The van der Waals surface area contributed by atoms with Gasteiger partial charge in [0.05, 0.1) is 10.6 Å². The van der Waals surface area contributed by atoms with Crippen LogP contribution in [0.5, 0.6) is 0 Å². The number of benzene rings is 3. The summed E-state index contributed by atoms with van der Waals surface area (Å²) in [4.78, 5) is 12.8. The van der Waals surface area contributed by atoms with Gasteiger partial charge in [-0.3, -0.25) is 9.10 Å². The summed E-state index contributed by atoms with van der Waals surface area (Å²) in [5, 5.41) is 2.78. The summed E-state index contributed by atoms with van der Waals surface area (Å²) in [5.74, 6) is -0.425. The molecule has 0 bridgehead atoms. The van der Waals surface area contributed by atoms with E-state index in [4.69, 9.17) is 0 Å². The van der Waals surface area contributed by atoms with Gasteiger partial charge >= 0.3 is 0 Å². The number of carbonyl (C=O) groups excluding carboxylic acids is 1. The number of anilines is 2. The Labute approximate surface area is 179 Å². The maximum absolute atomic E-state index is 13.3. The van der Waals surface area contributed by atoms with Crippen LogP contribution in [-0.2, 0) is 14.8 Å². The zero-order chi connectivity index (χ0) is 21.0. The highest BCUT2D eigenvalue weighted by Crippen LogP contribution is 2.24. The van der Waals surface area contributed by atoms with Gasteiger partial charge in [-0.2, -0.15) is 0 Å². The third kappa shape index (κ3) is 5.05. The Morgan fingerprint density at radius 1 is 0.966 bits per heavy atom. The fraction of sp³-hybridized carbons (Fsp3) is 0.136. The summed E-state index contributed by atoms with van der Waals surface area (Å²) < 4.78 is 28.6. The van der Waals surface area contributed by atoms with Crippen LogP contribution >= 0.6 is 15.9 Å². The van der Waals surface area contributed by atoms with E-state index in [1.807, 2.05) is 26.0 Å². The largest absolute Gasteiger partial charge is 0.325 e. The number of hydrogen-bond donors (Lipinski definition) is 1. The molecule has 0 saturated heterocycles. The van der Waals surface area contributed by atoms with E-state index in [0.29, 0.717) is 11.4 Å². The second-order valence-corrected chi connectivity index (χ2v) is 9.39. The van der Waals surface area contributed by atoms with Gasteiger partial charge in [-0.15, -0.1) is 0 Å². The summed E-state index contributed by atoms with van der Waals surface area (Å²) in [5.41, 5.74) is 2.96. The molecule has 7 heteroatoms. The average molecular weight is 473 g/mol. The van der Waals surface area contributed by atoms with E-state index in [2.05, 4.69) is 21.2 Å². The molecule has 0 radical (unpaired) electrons. The highest BCUT2D eigenvalue weighted by Gasteiger charge is 2.27. The van der Waals surface area contributed by atoms with Crippen LogP contribution in [0.2, 0.25) is 0 Å². The highest BCUT2D eigenvalue weighted by molar-refractivity contribution is 9.10. The zero-order valence-electron chi connectivity index (χ0n) is 16.1. The lowest BCUT2D eigenvalue weighted by molar-refractivity contribution is -0.114. The number of hydrogen-bond acceptors (Lipinski definition) is 3. The van der Waals surface area contributed by atoms with E-state index < -0.39 is 15.9 Å². The molecule has 3 rings (SSSR count). The van der Waals surface area contributed by atoms with Gasteiger partial charge in [0.2, 0.25) is 5.91 Å². The van der Waals surface area contributed by atoms with Gasteiger partial charge in [0.15, 0.2) is 0 Å². The third-order valence-electron chi connectivity index (χ3n) is 4.38. The minimum Gasteiger partial charge on any atom is -0.325 e. The van der Waals surface area contributed by atoms with Gasteiger partial charge in [-0.1, -0.05) is 51.8 Å². The Bertz CT molecular complexity index is 1110. The molecule has 0 aliphatic rings. The minimum absolute atomic E-state index is 0.138. The van der Waals surface area contributed by atoms with E-state index in [0.717, 1.165) is 19.9 Å². The molecule has 5 nitrogen and oxygen atoms in total. The number of nitrogens with one attached hydrogen (secondary N) is 1. The number of aryl methyl sites for hydroxylation is 2. The van der Waals surface area contributed by atoms with E-state index in [9.17, 15) is 13.2 Å². The van der Waals surface area contributed by atoms with Crippen molar-refractivity contribution in [2.75, 3.05) is 16.2 Å². The molecule has 150 valence electrons.